The van der Waals surface area contributed by atoms with Crippen LogP contribution in [0, 0.1) is 34.9 Å². The summed E-state index contributed by atoms with van der Waals surface area (Å²) < 4.78 is 14.3. The van der Waals surface area contributed by atoms with E-state index in [0.717, 1.165) is 0 Å². The number of nitrogens with one attached hydrogen (secondary N) is 3. The van der Waals surface area contributed by atoms with Crippen LogP contribution in [0.25, 0.3) is 10.9 Å². The Hall–Kier alpha value is -3.12. The number of carbonyl (C=O) groups is 1. The first-order valence-electron chi connectivity index (χ1n) is 9.41. The number of rotatable bonds is 4. The van der Waals surface area contributed by atoms with E-state index in [1.54, 1.807) is 20.8 Å². The maximum absolute atomic E-state index is 13.6. The first kappa shape index (κ1) is 20.6. The van der Waals surface area contributed by atoms with Gasteiger partial charge in [-0.1, -0.05) is 0 Å². The Morgan fingerprint density at radius 2 is 2.21 bits per heavy atom. The van der Waals surface area contributed by atoms with Crippen LogP contribution in [-0.2, 0) is 11.2 Å². The van der Waals surface area contributed by atoms with Gasteiger partial charge in [0.2, 0.25) is 11.9 Å². The molecule has 2 heterocycles. The van der Waals surface area contributed by atoms with E-state index in [2.05, 4.69) is 15.6 Å². The molecule has 1 fully saturated rings. The average Bonchev–Trinajstić information content (AvgIpc) is 2.67. The second-order valence-corrected chi connectivity index (χ2v) is 7.48. The molecule has 0 spiro atoms. The zero-order valence-electron chi connectivity index (χ0n) is 16.5. The summed E-state index contributed by atoms with van der Waals surface area (Å²) in [6, 6.07) is 5.18. The fraction of sp³-hybridized carbons (Fsp3) is 0.450. The summed E-state index contributed by atoms with van der Waals surface area (Å²) in [5.41, 5.74) is 0.954. The van der Waals surface area contributed by atoms with Crippen molar-refractivity contribution in [1.82, 2.24) is 15.6 Å². The van der Waals surface area contributed by atoms with Crippen LogP contribution in [0.4, 0.5) is 4.39 Å². The Labute approximate surface area is 166 Å². The Morgan fingerprint density at radius 1 is 1.48 bits per heavy atom. The number of nitriles is 1. The zero-order chi connectivity index (χ0) is 21.3. The molecule has 1 aromatic heterocycles. The lowest BCUT2D eigenvalue weighted by Crippen LogP contribution is -2.58. The number of hydrogen-bond acceptors (Lipinski definition) is 5. The molecule has 3 unspecified atom stereocenters. The molecule has 0 radical (unpaired) electrons. The number of nitroso groups, excluding NO2 is 1. The van der Waals surface area contributed by atoms with Crippen molar-refractivity contribution in [2.75, 3.05) is 6.54 Å². The molecule has 3 N–H and O–H groups in total. The summed E-state index contributed by atoms with van der Waals surface area (Å²) >= 11 is 0. The van der Waals surface area contributed by atoms with Crippen molar-refractivity contribution in [3.05, 3.63) is 50.4 Å². The van der Waals surface area contributed by atoms with E-state index in [0.29, 0.717) is 27.8 Å². The standard InChI is InChI=1S/C20H22FN5O3/c1-10-14-6-13(21)4-5-17(14)25-20(28)15(10)7-19(27)24-11(2)16-9-23-18(8-22)26(29)12(16)3/h4-6,11-12,16,18,23H,7,9H2,1-3H3,(H-,24,25,27,28)/p+1/t11-,12?,16?,18?/m1/s1. The average molecular weight is 400 g/mol. The molecule has 29 heavy (non-hydrogen) atoms. The van der Waals surface area contributed by atoms with Gasteiger partial charge < -0.3 is 10.3 Å². The lowest BCUT2D eigenvalue weighted by Gasteiger charge is -2.30. The number of aryl methyl sites for hydroxylation is 1. The molecule has 1 aliphatic rings. The molecular weight excluding hydrogens is 377 g/mol. The summed E-state index contributed by atoms with van der Waals surface area (Å²) in [7, 11) is 0. The molecule has 1 aliphatic heterocycles. The smallest absolute Gasteiger partial charge is 0.341 e. The number of nitrogens with zero attached hydrogens (tertiary/aromatic N) is 2. The number of benzene rings is 1. The van der Waals surface area contributed by atoms with Gasteiger partial charge in [-0.2, -0.15) is 5.26 Å². The molecule has 9 heteroatoms. The van der Waals surface area contributed by atoms with Crippen LogP contribution in [0.3, 0.4) is 0 Å². The van der Waals surface area contributed by atoms with Gasteiger partial charge in [0, 0.05) is 45.6 Å². The highest BCUT2D eigenvalue weighted by Crippen LogP contribution is 2.20. The molecule has 4 atom stereocenters. The lowest BCUT2D eigenvalue weighted by atomic mass is 9.91. The van der Waals surface area contributed by atoms with Gasteiger partial charge in [-0.15, -0.1) is 0 Å². The minimum atomic E-state index is -0.900. The first-order valence-corrected chi connectivity index (χ1v) is 9.41. The predicted octanol–water partition coefficient (Wildman–Crippen LogP) is 1.26. The highest BCUT2D eigenvalue weighted by atomic mass is 19.1. The van der Waals surface area contributed by atoms with Gasteiger partial charge in [0.15, 0.2) is 6.07 Å². The molecule has 0 aliphatic carbocycles. The number of fused-ring (bicyclic) bond motifs is 1. The van der Waals surface area contributed by atoms with Gasteiger partial charge in [-0.05, 0) is 37.6 Å². The van der Waals surface area contributed by atoms with Crippen molar-refractivity contribution in [3.8, 4) is 6.07 Å². The third kappa shape index (κ3) is 4.03. The van der Waals surface area contributed by atoms with Crippen molar-refractivity contribution < 1.29 is 13.9 Å². The Kier molecular flexibility index (Phi) is 5.75. The number of halogens is 1. The van der Waals surface area contributed by atoms with Crippen LogP contribution >= 0.6 is 0 Å². The molecule has 0 saturated carbocycles. The summed E-state index contributed by atoms with van der Waals surface area (Å²) in [5, 5.41) is 15.2. The van der Waals surface area contributed by atoms with Crippen LogP contribution in [0.1, 0.15) is 25.0 Å². The quantitative estimate of drug-likeness (QED) is 0.668. The van der Waals surface area contributed by atoms with E-state index in [1.807, 2.05) is 6.07 Å². The highest BCUT2D eigenvalue weighted by Gasteiger charge is 2.44. The Balaban J connectivity index is 1.75. The second kappa shape index (κ2) is 8.09. The largest absolute Gasteiger partial charge is 0.353 e. The maximum atomic E-state index is 13.6. The number of amides is 1. The minimum Gasteiger partial charge on any atom is -0.353 e. The van der Waals surface area contributed by atoms with E-state index in [-0.39, 0.29) is 35.4 Å². The van der Waals surface area contributed by atoms with Gasteiger partial charge in [-0.3, -0.25) is 9.59 Å². The van der Waals surface area contributed by atoms with Gasteiger partial charge in [0.1, 0.15) is 5.82 Å². The van der Waals surface area contributed by atoms with Crippen molar-refractivity contribution >= 4 is 16.8 Å². The van der Waals surface area contributed by atoms with Crippen LogP contribution in [-0.4, -0.2) is 40.4 Å². The molecule has 1 saturated heterocycles. The predicted molar refractivity (Wildman–Crippen MR) is 105 cm³/mol. The molecule has 152 valence electrons. The van der Waals surface area contributed by atoms with Crippen molar-refractivity contribution in [3.63, 3.8) is 0 Å². The topological polar surface area (TPSA) is 118 Å². The van der Waals surface area contributed by atoms with E-state index in [4.69, 9.17) is 5.26 Å². The van der Waals surface area contributed by atoms with Gasteiger partial charge in [0.05, 0.1) is 12.3 Å². The highest BCUT2D eigenvalue weighted by molar-refractivity contribution is 5.85. The summed E-state index contributed by atoms with van der Waals surface area (Å²) in [5.74, 6) is -0.992. The lowest BCUT2D eigenvalue weighted by molar-refractivity contribution is -0.627. The Bertz CT molecular complexity index is 1070. The number of aromatic nitrogens is 1. The number of hydrogen-bond donors (Lipinski definition) is 3. The van der Waals surface area contributed by atoms with E-state index < -0.39 is 18.0 Å². The number of pyridine rings is 1. The van der Waals surface area contributed by atoms with Gasteiger partial charge >= 0.3 is 6.17 Å². The normalized spacial score (nSPS) is 22.9. The number of H-pyrrole nitrogens is 1. The maximum Gasteiger partial charge on any atom is 0.341 e. The van der Waals surface area contributed by atoms with Crippen molar-refractivity contribution in [1.29, 1.82) is 5.26 Å². The summed E-state index contributed by atoms with van der Waals surface area (Å²) in [6.45, 7) is 5.61. The fourth-order valence-corrected chi connectivity index (χ4v) is 3.88. The molecule has 1 amide bonds. The van der Waals surface area contributed by atoms with Gasteiger partial charge in [0.25, 0.3) is 5.56 Å². The Morgan fingerprint density at radius 3 is 2.90 bits per heavy atom. The molecule has 1 aromatic carbocycles. The van der Waals surface area contributed by atoms with Crippen LogP contribution < -0.4 is 16.2 Å². The summed E-state index contributed by atoms with van der Waals surface area (Å²) in [4.78, 5) is 39.8. The third-order valence-electron chi connectivity index (χ3n) is 5.67. The summed E-state index contributed by atoms with van der Waals surface area (Å²) in [6.07, 6.45) is -1.06. The molecule has 2 aromatic rings. The van der Waals surface area contributed by atoms with Gasteiger partial charge in [-0.25, -0.2) is 9.71 Å². The molecule has 3 rings (SSSR count). The van der Waals surface area contributed by atoms with E-state index in [1.165, 1.54) is 18.2 Å². The van der Waals surface area contributed by atoms with Crippen LogP contribution in [0.5, 0.6) is 0 Å². The second-order valence-electron chi connectivity index (χ2n) is 7.48. The number of carbonyl (C=O) groups excluding carboxylic acids is 1. The third-order valence-corrected chi connectivity index (χ3v) is 5.67. The van der Waals surface area contributed by atoms with Crippen LogP contribution in [0.15, 0.2) is 23.0 Å². The zero-order valence-corrected chi connectivity index (χ0v) is 16.5. The van der Waals surface area contributed by atoms with Crippen LogP contribution in [0.2, 0.25) is 0 Å². The van der Waals surface area contributed by atoms with E-state index in [9.17, 15) is 18.9 Å². The molecular formula is C20H23FN5O3+. The van der Waals surface area contributed by atoms with Crippen molar-refractivity contribution in [2.24, 2.45) is 5.92 Å². The number of aromatic amines is 1. The SMILES string of the molecule is Cc1c(CC(=O)N[C@H](C)C2CNC(C#N)[N+](=O)C2C)c(=O)[nH]c2ccc(F)cc12. The molecule has 8 nitrogen and oxygen atoms in total. The monoisotopic (exact) mass is 400 g/mol. The fourth-order valence-electron chi connectivity index (χ4n) is 3.88. The van der Waals surface area contributed by atoms with Crippen molar-refractivity contribution in [2.45, 2.75) is 45.4 Å². The molecule has 0 bridgehead atoms. The minimum absolute atomic E-state index is 0.158. The first-order chi connectivity index (χ1) is 13.7. The van der Waals surface area contributed by atoms with E-state index >= 15 is 0 Å².